The number of hydrogen-bond donors (Lipinski definition) is 1. The number of ether oxygens (including phenoxy) is 3. The van der Waals surface area contributed by atoms with Crippen LogP contribution in [0.4, 0.5) is 4.79 Å². The Morgan fingerprint density at radius 1 is 1.03 bits per heavy atom. The summed E-state index contributed by atoms with van der Waals surface area (Å²) in [6, 6.07) is 18.5. The molecule has 1 heterocycles. The molecular formula is C23H26N2O4. The Hall–Kier alpha value is -3.25. The molecule has 0 amide bonds. The first-order valence-corrected chi connectivity index (χ1v) is 9.45. The van der Waals surface area contributed by atoms with Gasteiger partial charge in [-0.3, -0.25) is 4.90 Å². The molecule has 0 fully saturated rings. The average molecular weight is 394 g/mol. The molecule has 29 heavy (non-hydrogen) atoms. The fourth-order valence-corrected chi connectivity index (χ4v) is 3.12. The van der Waals surface area contributed by atoms with Gasteiger partial charge in [-0.05, 0) is 35.9 Å². The largest absolute Gasteiger partial charge is 0.508 e. The van der Waals surface area contributed by atoms with Crippen LogP contribution >= 0.6 is 0 Å². The molecule has 0 saturated carbocycles. The molecule has 0 atom stereocenters. The monoisotopic (exact) mass is 394 g/mol. The first-order chi connectivity index (χ1) is 14.2. The van der Waals surface area contributed by atoms with Crippen molar-refractivity contribution in [2.24, 2.45) is 0 Å². The maximum atomic E-state index is 11.0. The normalized spacial score (nSPS) is 11.3. The van der Waals surface area contributed by atoms with Crippen LogP contribution in [0.3, 0.4) is 0 Å². The molecule has 3 aromatic rings. The van der Waals surface area contributed by atoms with E-state index in [0.717, 1.165) is 42.0 Å². The first-order valence-electron chi connectivity index (χ1n) is 9.45. The highest BCUT2D eigenvalue weighted by Crippen LogP contribution is 2.22. The maximum Gasteiger partial charge on any atom is 0.508 e. The van der Waals surface area contributed by atoms with Crippen LogP contribution in [0.1, 0.15) is 11.3 Å². The van der Waals surface area contributed by atoms with Crippen LogP contribution in [0.5, 0.6) is 5.75 Å². The summed E-state index contributed by atoms with van der Waals surface area (Å²) >= 11 is 0. The van der Waals surface area contributed by atoms with Gasteiger partial charge in [0.2, 0.25) is 0 Å². The smallest absolute Gasteiger partial charge is 0.497 e. The van der Waals surface area contributed by atoms with Crippen molar-refractivity contribution in [1.29, 1.82) is 0 Å². The highest BCUT2D eigenvalue weighted by Gasteiger charge is 2.09. The van der Waals surface area contributed by atoms with Crippen LogP contribution < -0.4 is 4.74 Å². The molecule has 6 nitrogen and oxygen atoms in total. The lowest BCUT2D eigenvalue weighted by Gasteiger charge is -2.20. The fourth-order valence-electron chi connectivity index (χ4n) is 3.12. The van der Waals surface area contributed by atoms with Crippen molar-refractivity contribution in [3.63, 3.8) is 0 Å². The Kier molecular flexibility index (Phi) is 7.30. The topological polar surface area (TPSA) is 63.8 Å². The second kappa shape index (κ2) is 10.3. The van der Waals surface area contributed by atoms with Gasteiger partial charge in [-0.15, -0.1) is 0 Å². The van der Waals surface area contributed by atoms with Gasteiger partial charge in [-0.1, -0.05) is 36.4 Å². The van der Waals surface area contributed by atoms with Crippen LogP contribution in [0, 0.1) is 0 Å². The van der Waals surface area contributed by atoms with Crippen molar-refractivity contribution in [2.75, 3.05) is 27.4 Å². The zero-order valence-corrected chi connectivity index (χ0v) is 16.8. The van der Waals surface area contributed by atoms with Gasteiger partial charge in [0, 0.05) is 36.2 Å². The summed E-state index contributed by atoms with van der Waals surface area (Å²) in [7, 11) is 2.97. The number of nitrogens with one attached hydrogen (secondary N) is 1. The number of fused-ring (bicyclic) bond motifs is 1. The SMILES string of the molecule is COC(=O)OC/C=C/CN(Cc1ccccc1)Cc1cc2cc(OC)ccc2[nH]1. The zero-order valence-electron chi connectivity index (χ0n) is 16.8. The minimum Gasteiger partial charge on any atom is -0.497 e. The number of aromatic nitrogens is 1. The fraction of sp³-hybridized carbons (Fsp3) is 0.261. The van der Waals surface area contributed by atoms with E-state index in [1.54, 1.807) is 7.11 Å². The van der Waals surface area contributed by atoms with Crippen molar-refractivity contribution in [3.05, 3.63) is 78.0 Å². The third kappa shape index (κ3) is 6.12. The highest BCUT2D eigenvalue weighted by molar-refractivity contribution is 5.81. The van der Waals surface area contributed by atoms with Crippen LogP contribution in [0.2, 0.25) is 0 Å². The summed E-state index contributed by atoms with van der Waals surface area (Å²) in [6.07, 6.45) is 3.15. The van der Waals surface area contributed by atoms with Gasteiger partial charge in [0.15, 0.2) is 0 Å². The Balaban J connectivity index is 1.68. The van der Waals surface area contributed by atoms with Crippen LogP contribution in [-0.2, 0) is 22.6 Å². The summed E-state index contributed by atoms with van der Waals surface area (Å²) in [5, 5.41) is 1.13. The van der Waals surface area contributed by atoms with E-state index in [1.807, 2.05) is 48.6 Å². The van der Waals surface area contributed by atoms with E-state index in [0.29, 0.717) is 0 Å². The van der Waals surface area contributed by atoms with Crippen LogP contribution in [0.25, 0.3) is 10.9 Å². The molecule has 0 aliphatic carbocycles. The molecule has 0 aliphatic rings. The molecule has 3 rings (SSSR count). The molecule has 0 saturated heterocycles. The van der Waals surface area contributed by atoms with Gasteiger partial charge < -0.3 is 19.2 Å². The molecule has 2 aromatic carbocycles. The zero-order chi connectivity index (χ0) is 20.5. The molecule has 6 heteroatoms. The minimum atomic E-state index is -0.677. The molecule has 0 spiro atoms. The molecule has 0 unspecified atom stereocenters. The van der Waals surface area contributed by atoms with Gasteiger partial charge in [0.1, 0.15) is 12.4 Å². The molecule has 1 N–H and O–H groups in total. The van der Waals surface area contributed by atoms with E-state index in [-0.39, 0.29) is 6.61 Å². The van der Waals surface area contributed by atoms with Gasteiger partial charge in [0.25, 0.3) is 0 Å². The van der Waals surface area contributed by atoms with Crippen LogP contribution in [-0.4, -0.2) is 43.4 Å². The number of H-pyrrole nitrogens is 1. The van der Waals surface area contributed by atoms with Gasteiger partial charge in [0.05, 0.1) is 14.2 Å². The van der Waals surface area contributed by atoms with Crippen molar-refractivity contribution in [1.82, 2.24) is 9.88 Å². The Morgan fingerprint density at radius 3 is 2.62 bits per heavy atom. The molecular weight excluding hydrogens is 368 g/mol. The summed E-state index contributed by atoms with van der Waals surface area (Å²) in [5.41, 5.74) is 3.45. The lowest BCUT2D eigenvalue weighted by molar-refractivity contribution is 0.0817. The Bertz CT molecular complexity index is 950. The van der Waals surface area contributed by atoms with E-state index in [9.17, 15) is 4.79 Å². The lowest BCUT2D eigenvalue weighted by atomic mass is 10.2. The van der Waals surface area contributed by atoms with E-state index in [2.05, 4.69) is 32.8 Å². The number of benzene rings is 2. The lowest BCUT2D eigenvalue weighted by Crippen LogP contribution is -2.23. The molecule has 152 valence electrons. The standard InChI is InChI=1S/C23H26N2O4/c1-27-21-10-11-22-19(15-21)14-20(24-22)17-25(16-18-8-4-3-5-9-18)12-6-7-13-29-23(26)28-2/h3-11,14-15,24H,12-13,16-17H2,1-2H3/b7-6+. The predicted octanol–water partition coefficient (Wildman–Crippen LogP) is 4.52. The number of rotatable bonds is 9. The van der Waals surface area contributed by atoms with Gasteiger partial charge in [-0.2, -0.15) is 0 Å². The summed E-state index contributed by atoms with van der Waals surface area (Å²) in [5.74, 6) is 0.845. The number of aromatic amines is 1. The Labute approximate surface area is 170 Å². The van der Waals surface area contributed by atoms with E-state index in [4.69, 9.17) is 9.47 Å². The number of carbonyl (C=O) groups is 1. The third-order valence-corrected chi connectivity index (χ3v) is 4.52. The maximum absolute atomic E-state index is 11.0. The quantitative estimate of drug-likeness (QED) is 0.427. The van der Waals surface area contributed by atoms with Crippen molar-refractivity contribution in [2.45, 2.75) is 13.1 Å². The third-order valence-electron chi connectivity index (χ3n) is 4.52. The van der Waals surface area contributed by atoms with E-state index in [1.165, 1.54) is 12.7 Å². The van der Waals surface area contributed by atoms with Crippen molar-refractivity contribution in [3.8, 4) is 5.75 Å². The summed E-state index contributed by atoms with van der Waals surface area (Å²) < 4.78 is 14.7. The molecule has 0 radical (unpaired) electrons. The number of methoxy groups -OCH3 is 2. The van der Waals surface area contributed by atoms with Crippen molar-refractivity contribution >= 4 is 17.1 Å². The van der Waals surface area contributed by atoms with Crippen LogP contribution in [0.15, 0.2) is 66.7 Å². The van der Waals surface area contributed by atoms with E-state index >= 15 is 0 Å². The molecule has 0 aliphatic heterocycles. The van der Waals surface area contributed by atoms with Gasteiger partial charge >= 0.3 is 6.16 Å². The number of nitrogens with zero attached hydrogens (tertiary/aromatic N) is 1. The Morgan fingerprint density at radius 2 is 1.86 bits per heavy atom. The number of carbonyl (C=O) groups excluding carboxylic acids is 1. The molecule has 0 bridgehead atoms. The first kappa shape index (κ1) is 20.5. The summed E-state index contributed by atoms with van der Waals surface area (Å²) in [6.45, 7) is 2.48. The highest BCUT2D eigenvalue weighted by atomic mass is 16.7. The second-order valence-corrected chi connectivity index (χ2v) is 6.64. The van der Waals surface area contributed by atoms with Gasteiger partial charge in [-0.25, -0.2) is 4.79 Å². The van der Waals surface area contributed by atoms with Crippen molar-refractivity contribution < 1.29 is 19.0 Å². The minimum absolute atomic E-state index is 0.192. The molecule has 1 aromatic heterocycles. The second-order valence-electron chi connectivity index (χ2n) is 6.64. The number of hydrogen-bond acceptors (Lipinski definition) is 5. The van der Waals surface area contributed by atoms with E-state index < -0.39 is 6.16 Å². The summed E-state index contributed by atoms with van der Waals surface area (Å²) in [4.78, 5) is 16.8. The predicted molar refractivity (Wildman–Crippen MR) is 113 cm³/mol. The average Bonchev–Trinajstić information content (AvgIpc) is 3.15.